The van der Waals surface area contributed by atoms with Crippen molar-refractivity contribution in [1.29, 1.82) is 0 Å². The first-order chi connectivity index (χ1) is 8.13. The maximum atomic E-state index is 12.6. The number of nitrogens with one attached hydrogen (secondary N) is 1. The molecular weight excluding hydrogens is 259 g/mol. The van der Waals surface area contributed by atoms with Gasteiger partial charge in [0.15, 0.2) is 6.61 Å². The number of carbonyl (C=O) groups excluding carboxylic acids is 1. The summed E-state index contributed by atoms with van der Waals surface area (Å²) in [6.45, 7) is 1.33. The zero-order valence-corrected chi connectivity index (χ0v) is 11.3. The van der Waals surface area contributed by atoms with E-state index in [0.717, 1.165) is 6.54 Å². The number of benzene rings is 1. The van der Waals surface area contributed by atoms with Crippen LogP contribution in [0.1, 0.15) is 0 Å². The summed E-state index contributed by atoms with van der Waals surface area (Å²) in [7, 11) is 3.54. The highest BCUT2D eigenvalue weighted by atomic mass is 35.5. The first-order valence-electron chi connectivity index (χ1n) is 5.40. The maximum Gasteiger partial charge on any atom is 0.260 e. The van der Waals surface area contributed by atoms with Gasteiger partial charge in [0.25, 0.3) is 5.91 Å². The summed E-state index contributed by atoms with van der Waals surface area (Å²) in [5, 5.41) is 2.96. The summed E-state index contributed by atoms with van der Waals surface area (Å²) in [6.07, 6.45) is 0. The monoisotopic (exact) mass is 276 g/mol. The van der Waals surface area contributed by atoms with Crippen LogP contribution in [0.4, 0.5) is 4.39 Å². The number of rotatable bonds is 6. The second-order valence-corrected chi connectivity index (χ2v) is 3.66. The SMILES string of the molecule is CNCCN(C)C(=O)COc1ccc(F)cc1.Cl. The average Bonchev–Trinajstić information content (AvgIpc) is 2.34. The van der Waals surface area contributed by atoms with Crippen LogP contribution in [-0.2, 0) is 4.79 Å². The minimum absolute atomic E-state index is 0. The van der Waals surface area contributed by atoms with Gasteiger partial charge in [-0.2, -0.15) is 0 Å². The van der Waals surface area contributed by atoms with E-state index in [2.05, 4.69) is 5.32 Å². The normalized spacial score (nSPS) is 9.50. The molecule has 0 fully saturated rings. The predicted octanol–water partition coefficient (Wildman–Crippen LogP) is 1.30. The van der Waals surface area contributed by atoms with Crippen LogP contribution in [0.15, 0.2) is 24.3 Å². The van der Waals surface area contributed by atoms with Crippen LogP contribution in [0.25, 0.3) is 0 Å². The molecule has 0 aliphatic rings. The van der Waals surface area contributed by atoms with Gasteiger partial charge >= 0.3 is 0 Å². The highest BCUT2D eigenvalue weighted by molar-refractivity contribution is 5.85. The molecule has 0 aromatic heterocycles. The molecule has 0 bridgehead atoms. The van der Waals surface area contributed by atoms with E-state index in [1.165, 1.54) is 24.3 Å². The molecule has 18 heavy (non-hydrogen) atoms. The Morgan fingerprint density at radius 1 is 1.39 bits per heavy atom. The third kappa shape index (κ3) is 5.84. The quantitative estimate of drug-likeness (QED) is 0.852. The number of carbonyl (C=O) groups is 1. The Morgan fingerprint density at radius 3 is 2.56 bits per heavy atom. The number of hydrogen-bond acceptors (Lipinski definition) is 3. The molecule has 0 aliphatic heterocycles. The van der Waals surface area contributed by atoms with Crippen LogP contribution in [0.3, 0.4) is 0 Å². The van der Waals surface area contributed by atoms with Gasteiger partial charge in [0.2, 0.25) is 0 Å². The molecule has 1 N–H and O–H groups in total. The van der Waals surface area contributed by atoms with Gasteiger partial charge in [-0.1, -0.05) is 0 Å². The molecule has 0 aliphatic carbocycles. The van der Waals surface area contributed by atoms with Crippen molar-refractivity contribution in [3.8, 4) is 5.75 Å². The van der Waals surface area contributed by atoms with Crippen molar-refractivity contribution in [1.82, 2.24) is 10.2 Å². The molecule has 1 rings (SSSR count). The lowest BCUT2D eigenvalue weighted by Crippen LogP contribution is -2.35. The molecule has 0 saturated carbocycles. The zero-order valence-electron chi connectivity index (χ0n) is 10.5. The number of halogens is 2. The molecule has 0 atom stereocenters. The minimum atomic E-state index is -0.324. The number of likely N-dealkylation sites (N-methyl/N-ethyl adjacent to an activating group) is 2. The molecule has 1 amide bonds. The second-order valence-electron chi connectivity index (χ2n) is 3.66. The number of nitrogens with zero attached hydrogens (tertiary/aromatic N) is 1. The van der Waals surface area contributed by atoms with Crippen molar-refractivity contribution in [2.75, 3.05) is 33.8 Å². The predicted molar refractivity (Wildman–Crippen MR) is 70.7 cm³/mol. The zero-order chi connectivity index (χ0) is 12.7. The van der Waals surface area contributed by atoms with Crippen molar-refractivity contribution in [3.63, 3.8) is 0 Å². The van der Waals surface area contributed by atoms with Gasteiger partial charge in [-0.25, -0.2) is 4.39 Å². The fraction of sp³-hybridized carbons (Fsp3) is 0.417. The Morgan fingerprint density at radius 2 is 2.00 bits per heavy atom. The third-order valence-corrected chi connectivity index (χ3v) is 2.30. The topological polar surface area (TPSA) is 41.6 Å². The van der Waals surface area contributed by atoms with Crippen molar-refractivity contribution in [3.05, 3.63) is 30.1 Å². The van der Waals surface area contributed by atoms with Gasteiger partial charge in [-0.15, -0.1) is 12.4 Å². The first-order valence-corrected chi connectivity index (χ1v) is 5.40. The van der Waals surface area contributed by atoms with Crippen LogP contribution in [0.5, 0.6) is 5.75 Å². The van der Waals surface area contributed by atoms with Gasteiger partial charge in [0.05, 0.1) is 0 Å². The van der Waals surface area contributed by atoms with E-state index in [1.54, 1.807) is 11.9 Å². The smallest absolute Gasteiger partial charge is 0.260 e. The lowest BCUT2D eigenvalue weighted by molar-refractivity contribution is -0.131. The van der Waals surface area contributed by atoms with E-state index in [9.17, 15) is 9.18 Å². The van der Waals surface area contributed by atoms with E-state index in [-0.39, 0.29) is 30.7 Å². The van der Waals surface area contributed by atoms with E-state index in [4.69, 9.17) is 4.74 Å². The maximum absolute atomic E-state index is 12.6. The molecule has 4 nitrogen and oxygen atoms in total. The summed E-state index contributed by atoms with van der Waals surface area (Å²) in [6, 6.07) is 5.58. The Kier molecular flexibility index (Phi) is 8.07. The first kappa shape index (κ1) is 16.7. The highest BCUT2D eigenvalue weighted by Crippen LogP contribution is 2.10. The van der Waals surface area contributed by atoms with Crippen LogP contribution >= 0.6 is 12.4 Å². The average molecular weight is 277 g/mol. The number of ether oxygens (including phenoxy) is 1. The summed E-state index contributed by atoms with van der Waals surface area (Å²) >= 11 is 0. The molecule has 1 aromatic rings. The molecular formula is C12H18ClFN2O2. The van der Waals surface area contributed by atoms with E-state index in [1.807, 2.05) is 7.05 Å². The van der Waals surface area contributed by atoms with Crippen LogP contribution in [0, 0.1) is 5.82 Å². The Labute approximate surface area is 113 Å². The molecule has 0 spiro atoms. The Hall–Kier alpha value is -1.33. The summed E-state index contributed by atoms with van der Waals surface area (Å²) in [4.78, 5) is 13.2. The van der Waals surface area contributed by atoms with Crippen LogP contribution in [-0.4, -0.2) is 44.6 Å². The minimum Gasteiger partial charge on any atom is -0.484 e. The van der Waals surface area contributed by atoms with Crippen LogP contribution < -0.4 is 10.1 Å². The molecule has 0 unspecified atom stereocenters. The summed E-state index contributed by atoms with van der Waals surface area (Å²) in [5.41, 5.74) is 0. The van der Waals surface area contributed by atoms with Gasteiger partial charge in [0, 0.05) is 20.1 Å². The summed E-state index contributed by atoms with van der Waals surface area (Å²) < 4.78 is 17.9. The van der Waals surface area contributed by atoms with Crippen LogP contribution in [0.2, 0.25) is 0 Å². The lowest BCUT2D eigenvalue weighted by atomic mass is 10.3. The molecule has 1 aromatic carbocycles. The van der Waals surface area contributed by atoms with E-state index < -0.39 is 0 Å². The molecule has 0 heterocycles. The van der Waals surface area contributed by atoms with Gasteiger partial charge in [-0.05, 0) is 31.3 Å². The summed E-state index contributed by atoms with van der Waals surface area (Å²) in [5.74, 6) is 0.0566. The highest BCUT2D eigenvalue weighted by Gasteiger charge is 2.08. The molecule has 0 saturated heterocycles. The van der Waals surface area contributed by atoms with Gasteiger partial charge in [0.1, 0.15) is 11.6 Å². The fourth-order valence-electron chi connectivity index (χ4n) is 1.19. The number of amides is 1. The molecule has 0 radical (unpaired) electrons. The van der Waals surface area contributed by atoms with Crippen molar-refractivity contribution >= 4 is 18.3 Å². The molecule has 6 heteroatoms. The second kappa shape index (κ2) is 8.72. The van der Waals surface area contributed by atoms with Crippen molar-refractivity contribution < 1.29 is 13.9 Å². The van der Waals surface area contributed by atoms with E-state index in [0.29, 0.717) is 12.3 Å². The largest absolute Gasteiger partial charge is 0.484 e. The van der Waals surface area contributed by atoms with Crippen molar-refractivity contribution in [2.24, 2.45) is 0 Å². The lowest BCUT2D eigenvalue weighted by Gasteiger charge is -2.17. The molecule has 102 valence electrons. The standard InChI is InChI=1S/C12H17FN2O2.ClH/c1-14-7-8-15(2)12(16)9-17-11-5-3-10(13)4-6-11;/h3-6,14H,7-9H2,1-2H3;1H. The third-order valence-electron chi connectivity index (χ3n) is 2.30. The number of hydrogen-bond donors (Lipinski definition) is 1. The van der Waals surface area contributed by atoms with Gasteiger partial charge in [-0.3, -0.25) is 4.79 Å². The Bertz CT molecular complexity index is 360. The van der Waals surface area contributed by atoms with E-state index >= 15 is 0 Å². The van der Waals surface area contributed by atoms with Gasteiger partial charge < -0.3 is 15.0 Å². The Balaban J connectivity index is 0.00000289. The fourth-order valence-corrected chi connectivity index (χ4v) is 1.19. The van der Waals surface area contributed by atoms with Crippen molar-refractivity contribution in [2.45, 2.75) is 0 Å².